The third-order valence-electron chi connectivity index (χ3n) is 3.49. The molecule has 6 nitrogen and oxygen atoms in total. The van der Waals surface area contributed by atoms with E-state index in [-0.39, 0.29) is 11.4 Å². The zero-order chi connectivity index (χ0) is 16.1. The highest BCUT2D eigenvalue weighted by Gasteiger charge is 2.22. The van der Waals surface area contributed by atoms with Gasteiger partial charge in [0, 0.05) is 12.5 Å². The molecule has 0 spiro atoms. The summed E-state index contributed by atoms with van der Waals surface area (Å²) >= 11 is 0. The Bertz CT molecular complexity index is 646. The molecule has 0 radical (unpaired) electrons. The highest BCUT2D eigenvalue weighted by atomic mass is 16.6. The Morgan fingerprint density at radius 1 is 1.27 bits per heavy atom. The van der Waals surface area contributed by atoms with Gasteiger partial charge in [-0.2, -0.15) is 0 Å². The van der Waals surface area contributed by atoms with Gasteiger partial charge in [0.25, 0.3) is 0 Å². The summed E-state index contributed by atoms with van der Waals surface area (Å²) in [6.07, 6.45) is -0.461. The van der Waals surface area contributed by atoms with Crippen molar-refractivity contribution in [1.29, 1.82) is 0 Å². The molecule has 0 heterocycles. The number of aliphatic hydroxyl groups excluding tert-OH is 1. The van der Waals surface area contributed by atoms with Gasteiger partial charge in [0.05, 0.1) is 24.2 Å². The number of nitrogens with two attached hydrogens (primary N) is 1. The summed E-state index contributed by atoms with van der Waals surface area (Å²) in [7, 11) is 1.37. The van der Waals surface area contributed by atoms with Crippen molar-refractivity contribution >= 4 is 5.69 Å². The number of aliphatic hydroxyl groups is 1. The molecule has 2 atom stereocenters. The number of hydrogen-bond acceptors (Lipinski definition) is 5. The molecule has 2 aromatic carbocycles. The average Bonchev–Trinajstić information content (AvgIpc) is 2.54. The second-order valence-electron chi connectivity index (χ2n) is 4.97. The number of nitrogens with zero attached hydrogens (tertiary/aromatic N) is 1. The maximum absolute atomic E-state index is 11.0. The SMILES string of the molecule is COc1ccc([C@H](N)[C@H](O)Cc2ccccc2)cc1[N+](=O)[O-]. The predicted octanol–water partition coefficient (Wildman–Crippen LogP) is 2.21. The molecule has 0 saturated heterocycles. The second-order valence-corrected chi connectivity index (χ2v) is 4.97. The molecule has 0 unspecified atom stereocenters. The van der Waals surface area contributed by atoms with Gasteiger partial charge in [0.15, 0.2) is 5.75 Å². The lowest BCUT2D eigenvalue weighted by molar-refractivity contribution is -0.385. The summed E-state index contributed by atoms with van der Waals surface area (Å²) in [5, 5.41) is 21.3. The van der Waals surface area contributed by atoms with E-state index in [2.05, 4.69) is 0 Å². The van der Waals surface area contributed by atoms with E-state index in [4.69, 9.17) is 10.5 Å². The van der Waals surface area contributed by atoms with Crippen LogP contribution in [0.4, 0.5) is 5.69 Å². The van der Waals surface area contributed by atoms with E-state index < -0.39 is 17.1 Å². The Hall–Kier alpha value is -2.44. The summed E-state index contributed by atoms with van der Waals surface area (Å²) in [6.45, 7) is 0. The van der Waals surface area contributed by atoms with Crippen LogP contribution in [0.1, 0.15) is 17.2 Å². The molecular formula is C16H18N2O4. The molecule has 0 fully saturated rings. The number of nitro benzene ring substituents is 1. The largest absolute Gasteiger partial charge is 0.490 e. The van der Waals surface area contributed by atoms with Gasteiger partial charge in [-0.15, -0.1) is 0 Å². The highest BCUT2D eigenvalue weighted by Crippen LogP contribution is 2.30. The lowest BCUT2D eigenvalue weighted by Crippen LogP contribution is -2.28. The van der Waals surface area contributed by atoms with Crippen LogP contribution in [0.25, 0.3) is 0 Å². The van der Waals surface area contributed by atoms with Gasteiger partial charge in [-0.3, -0.25) is 10.1 Å². The lowest BCUT2D eigenvalue weighted by atomic mass is 9.96. The van der Waals surface area contributed by atoms with Crippen LogP contribution in [-0.2, 0) is 6.42 Å². The van der Waals surface area contributed by atoms with Gasteiger partial charge in [-0.05, 0) is 17.2 Å². The van der Waals surface area contributed by atoms with Crippen molar-refractivity contribution in [3.63, 3.8) is 0 Å². The molecule has 0 aromatic heterocycles. The smallest absolute Gasteiger partial charge is 0.311 e. The topological polar surface area (TPSA) is 98.6 Å². The van der Waals surface area contributed by atoms with E-state index in [1.807, 2.05) is 30.3 Å². The molecule has 6 heteroatoms. The van der Waals surface area contributed by atoms with E-state index in [0.29, 0.717) is 12.0 Å². The molecule has 0 aliphatic carbocycles. The summed E-state index contributed by atoms with van der Waals surface area (Å²) in [6, 6.07) is 13.2. The van der Waals surface area contributed by atoms with Crippen molar-refractivity contribution in [3.8, 4) is 5.75 Å². The minimum absolute atomic E-state index is 0.164. The minimum atomic E-state index is -0.838. The summed E-state index contributed by atoms with van der Waals surface area (Å²) in [5.41, 5.74) is 7.32. The van der Waals surface area contributed by atoms with Crippen molar-refractivity contribution in [2.24, 2.45) is 5.73 Å². The normalized spacial score (nSPS) is 13.4. The molecule has 0 aliphatic rings. The fourth-order valence-electron chi connectivity index (χ4n) is 2.26. The van der Waals surface area contributed by atoms with Crippen molar-refractivity contribution in [2.75, 3.05) is 7.11 Å². The van der Waals surface area contributed by atoms with E-state index >= 15 is 0 Å². The number of rotatable bonds is 6. The maximum Gasteiger partial charge on any atom is 0.311 e. The van der Waals surface area contributed by atoms with Crippen LogP contribution < -0.4 is 10.5 Å². The fourth-order valence-corrected chi connectivity index (χ4v) is 2.26. The molecule has 0 aliphatic heterocycles. The molecule has 116 valence electrons. The van der Waals surface area contributed by atoms with Crippen LogP contribution >= 0.6 is 0 Å². The standard InChI is InChI=1S/C16H18N2O4/c1-22-15-8-7-12(10-13(15)18(20)21)16(17)14(19)9-11-5-3-2-4-6-11/h2-8,10,14,16,19H,9,17H2,1H3/t14-,16+/m1/s1. The first kappa shape index (κ1) is 15.9. The molecule has 2 rings (SSSR count). The quantitative estimate of drug-likeness (QED) is 0.629. The molecule has 0 bridgehead atoms. The van der Waals surface area contributed by atoms with Gasteiger partial charge in [0.1, 0.15) is 0 Å². The van der Waals surface area contributed by atoms with Crippen LogP contribution in [0.3, 0.4) is 0 Å². The van der Waals surface area contributed by atoms with Crippen LogP contribution in [0, 0.1) is 10.1 Å². The zero-order valence-corrected chi connectivity index (χ0v) is 12.2. The summed E-state index contributed by atoms with van der Waals surface area (Å²) in [5.74, 6) is 0.165. The van der Waals surface area contributed by atoms with Crippen LogP contribution in [0.5, 0.6) is 5.75 Å². The van der Waals surface area contributed by atoms with Gasteiger partial charge in [0.2, 0.25) is 0 Å². The number of ether oxygens (including phenoxy) is 1. The monoisotopic (exact) mass is 302 g/mol. The maximum atomic E-state index is 11.0. The Balaban J connectivity index is 2.19. The Labute approximate surface area is 128 Å². The second kappa shape index (κ2) is 7.02. The van der Waals surface area contributed by atoms with Gasteiger partial charge < -0.3 is 15.6 Å². The lowest BCUT2D eigenvalue weighted by Gasteiger charge is -2.19. The third kappa shape index (κ3) is 3.60. The average molecular weight is 302 g/mol. The van der Waals surface area contributed by atoms with Gasteiger partial charge in [-0.1, -0.05) is 36.4 Å². The van der Waals surface area contributed by atoms with E-state index in [9.17, 15) is 15.2 Å². The van der Waals surface area contributed by atoms with Crippen molar-refractivity contribution < 1.29 is 14.8 Å². The minimum Gasteiger partial charge on any atom is -0.490 e. The zero-order valence-electron chi connectivity index (χ0n) is 12.2. The highest BCUT2D eigenvalue weighted by molar-refractivity contribution is 5.49. The van der Waals surface area contributed by atoms with Crippen molar-refractivity contribution in [1.82, 2.24) is 0 Å². The van der Waals surface area contributed by atoms with E-state index in [1.165, 1.54) is 19.2 Å². The number of benzene rings is 2. The first-order valence-electron chi connectivity index (χ1n) is 6.83. The number of nitro groups is 1. The van der Waals surface area contributed by atoms with Crippen molar-refractivity contribution in [3.05, 3.63) is 69.8 Å². The van der Waals surface area contributed by atoms with Crippen LogP contribution in [0.15, 0.2) is 48.5 Å². The molecule has 0 saturated carbocycles. The first-order chi connectivity index (χ1) is 10.5. The Kier molecular flexibility index (Phi) is 5.08. The Morgan fingerprint density at radius 3 is 2.55 bits per heavy atom. The molecule has 2 aromatic rings. The molecule has 22 heavy (non-hydrogen) atoms. The number of hydrogen-bond donors (Lipinski definition) is 2. The van der Waals surface area contributed by atoms with Crippen LogP contribution in [-0.4, -0.2) is 23.2 Å². The number of methoxy groups -OCH3 is 1. The summed E-state index contributed by atoms with van der Waals surface area (Å²) < 4.78 is 4.95. The van der Waals surface area contributed by atoms with E-state index in [1.54, 1.807) is 6.07 Å². The molecule has 3 N–H and O–H groups in total. The van der Waals surface area contributed by atoms with Crippen LogP contribution in [0.2, 0.25) is 0 Å². The molecule has 0 amide bonds. The van der Waals surface area contributed by atoms with E-state index in [0.717, 1.165) is 5.56 Å². The van der Waals surface area contributed by atoms with Gasteiger partial charge in [-0.25, -0.2) is 0 Å². The summed E-state index contributed by atoms with van der Waals surface area (Å²) in [4.78, 5) is 10.5. The van der Waals surface area contributed by atoms with Crippen molar-refractivity contribution in [2.45, 2.75) is 18.6 Å². The fraction of sp³-hybridized carbons (Fsp3) is 0.250. The molecular weight excluding hydrogens is 284 g/mol. The Morgan fingerprint density at radius 2 is 1.95 bits per heavy atom. The van der Waals surface area contributed by atoms with Gasteiger partial charge >= 0.3 is 5.69 Å². The predicted molar refractivity (Wildman–Crippen MR) is 82.7 cm³/mol. The third-order valence-corrected chi connectivity index (χ3v) is 3.49. The first-order valence-corrected chi connectivity index (χ1v) is 6.83.